The van der Waals surface area contributed by atoms with Crippen molar-refractivity contribution in [1.82, 2.24) is 0 Å². The lowest BCUT2D eigenvalue weighted by Gasteiger charge is -2.19. The van der Waals surface area contributed by atoms with Gasteiger partial charge in [0, 0.05) is 17.1 Å². The quantitative estimate of drug-likeness (QED) is 0.412. The molecule has 0 radical (unpaired) electrons. The van der Waals surface area contributed by atoms with Gasteiger partial charge >= 0.3 is 5.97 Å². The summed E-state index contributed by atoms with van der Waals surface area (Å²) in [5.41, 5.74) is 0.251. The Bertz CT molecular complexity index is 506. The summed E-state index contributed by atoms with van der Waals surface area (Å²) in [6, 6.07) is 0. The van der Waals surface area contributed by atoms with Crippen LogP contribution in [0.4, 0.5) is 0 Å². The summed E-state index contributed by atoms with van der Waals surface area (Å²) in [6.07, 6.45) is 0.222. The van der Waals surface area contributed by atoms with Crippen molar-refractivity contribution in [3.05, 3.63) is 10.5 Å². The van der Waals surface area contributed by atoms with Crippen LogP contribution < -0.4 is 0 Å². The van der Waals surface area contributed by atoms with E-state index in [0.29, 0.717) is 6.42 Å². The maximum Gasteiger partial charge on any atom is 0.335 e. The molecular weight excluding hydrogens is 252 g/mol. The number of ether oxygens (including phenoxy) is 1. The second-order valence-electron chi connectivity index (χ2n) is 4.22. The molecule has 7 heteroatoms. The zero-order valence-electron chi connectivity index (χ0n) is 8.41. The highest BCUT2D eigenvalue weighted by atomic mass is 32.2. The van der Waals surface area contributed by atoms with Crippen molar-refractivity contribution in [3.63, 3.8) is 0 Å². The zero-order chi connectivity index (χ0) is 11.7. The molecular formula is C9H10O5S2. The van der Waals surface area contributed by atoms with Gasteiger partial charge in [-0.3, -0.25) is 4.18 Å². The van der Waals surface area contributed by atoms with Crippen LogP contribution >= 0.6 is 12.6 Å². The fraction of sp³-hybridized carbons (Fsp3) is 0.667. The number of esters is 1. The number of hydrogen-bond acceptors (Lipinski definition) is 6. The van der Waals surface area contributed by atoms with Gasteiger partial charge in [0.25, 0.3) is 10.1 Å². The highest BCUT2D eigenvalue weighted by Crippen LogP contribution is 2.58. The van der Waals surface area contributed by atoms with E-state index in [9.17, 15) is 13.2 Å². The molecule has 2 fully saturated rings. The SMILES string of the molecule is COC(=O)C1=C2C3CC1C(S)C3OS2(=O)=O. The average molecular weight is 262 g/mol. The number of methoxy groups -OCH3 is 1. The van der Waals surface area contributed by atoms with Crippen molar-refractivity contribution >= 4 is 28.7 Å². The molecule has 2 aliphatic carbocycles. The zero-order valence-corrected chi connectivity index (χ0v) is 10.1. The molecule has 0 aromatic rings. The highest BCUT2D eigenvalue weighted by Gasteiger charge is 2.63. The molecule has 0 amide bonds. The minimum absolute atomic E-state index is 0.139. The molecule has 0 aromatic heterocycles. The van der Waals surface area contributed by atoms with Gasteiger partial charge in [0.2, 0.25) is 0 Å². The lowest BCUT2D eigenvalue weighted by atomic mass is 9.96. The minimum atomic E-state index is -3.74. The standard InChI is InChI=1S/C9H10O5S2/c1-13-9(10)5-3-2-4-6(7(3)15)14-16(11,12)8(4)5/h3-4,6-7,15H,2H2,1H3. The van der Waals surface area contributed by atoms with Crippen molar-refractivity contribution in [1.29, 1.82) is 0 Å². The second kappa shape index (κ2) is 3.02. The fourth-order valence-corrected chi connectivity index (χ4v) is 5.32. The molecule has 5 nitrogen and oxygen atoms in total. The molecule has 1 saturated heterocycles. The predicted molar refractivity (Wildman–Crippen MR) is 57.2 cm³/mol. The van der Waals surface area contributed by atoms with Crippen LogP contribution in [0.5, 0.6) is 0 Å². The van der Waals surface area contributed by atoms with Crippen LogP contribution in [-0.2, 0) is 23.8 Å². The first-order valence-electron chi connectivity index (χ1n) is 4.91. The monoisotopic (exact) mass is 262 g/mol. The highest BCUT2D eigenvalue weighted by molar-refractivity contribution is 7.91. The van der Waals surface area contributed by atoms with E-state index in [0.717, 1.165) is 0 Å². The fourth-order valence-electron chi connectivity index (χ4n) is 2.95. The normalized spacial score (nSPS) is 42.9. The summed E-state index contributed by atoms with van der Waals surface area (Å²) >= 11 is 4.34. The average Bonchev–Trinajstić information content (AvgIpc) is 2.80. The molecule has 0 N–H and O–H groups in total. The van der Waals surface area contributed by atoms with E-state index in [1.165, 1.54) is 7.11 Å². The van der Waals surface area contributed by atoms with Crippen LogP contribution in [0.3, 0.4) is 0 Å². The number of hydrogen-bond donors (Lipinski definition) is 1. The number of rotatable bonds is 1. The van der Waals surface area contributed by atoms with Crippen molar-refractivity contribution in [2.45, 2.75) is 17.8 Å². The molecule has 0 spiro atoms. The van der Waals surface area contributed by atoms with Gasteiger partial charge in [-0.15, -0.1) is 0 Å². The molecule has 0 aromatic carbocycles. The molecule has 1 saturated carbocycles. The van der Waals surface area contributed by atoms with E-state index >= 15 is 0 Å². The lowest BCUT2D eigenvalue weighted by molar-refractivity contribution is -0.136. The van der Waals surface area contributed by atoms with E-state index in [2.05, 4.69) is 17.4 Å². The molecule has 4 unspecified atom stereocenters. The Morgan fingerprint density at radius 3 is 2.81 bits per heavy atom. The van der Waals surface area contributed by atoms with Crippen molar-refractivity contribution in [2.24, 2.45) is 11.8 Å². The molecule has 1 heterocycles. The van der Waals surface area contributed by atoms with Gasteiger partial charge < -0.3 is 4.74 Å². The van der Waals surface area contributed by atoms with E-state index in [-0.39, 0.29) is 27.6 Å². The van der Waals surface area contributed by atoms with Crippen LogP contribution in [0.1, 0.15) is 6.42 Å². The summed E-state index contributed by atoms with van der Waals surface area (Å²) in [6.45, 7) is 0. The Morgan fingerprint density at radius 2 is 2.19 bits per heavy atom. The van der Waals surface area contributed by atoms with Crippen LogP contribution in [-0.4, -0.2) is 32.9 Å². The molecule has 2 bridgehead atoms. The van der Waals surface area contributed by atoms with Gasteiger partial charge in [0.15, 0.2) is 0 Å². The van der Waals surface area contributed by atoms with E-state index in [1.807, 2.05) is 0 Å². The molecule has 4 atom stereocenters. The van der Waals surface area contributed by atoms with Gasteiger partial charge in [-0.1, -0.05) is 0 Å². The van der Waals surface area contributed by atoms with E-state index in [4.69, 9.17) is 4.18 Å². The van der Waals surface area contributed by atoms with Crippen LogP contribution in [0.2, 0.25) is 0 Å². The second-order valence-corrected chi connectivity index (χ2v) is 6.36. The van der Waals surface area contributed by atoms with E-state index < -0.39 is 22.2 Å². The minimum Gasteiger partial charge on any atom is -0.466 e. The van der Waals surface area contributed by atoms with Crippen LogP contribution in [0, 0.1) is 11.8 Å². The van der Waals surface area contributed by atoms with Gasteiger partial charge in [0.1, 0.15) is 0 Å². The topological polar surface area (TPSA) is 69.7 Å². The summed E-state index contributed by atoms with van der Waals surface area (Å²) in [7, 11) is -2.49. The Balaban J connectivity index is 2.22. The summed E-state index contributed by atoms with van der Waals surface area (Å²) in [5, 5.41) is -0.236. The largest absolute Gasteiger partial charge is 0.466 e. The van der Waals surface area contributed by atoms with Gasteiger partial charge in [-0.25, -0.2) is 4.79 Å². The first-order valence-corrected chi connectivity index (χ1v) is 6.83. The number of fused-ring (bicyclic) bond motifs is 1. The molecule has 3 rings (SSSR count). The van der Waals surface area contributed by atoms with E-state index in [1.54, 1.807) is 0 Å². The lowest BCUT2D eigenvalue weighted by Crippen LogP contribution is -2.28. The molecule has 88 valence electrons. The Morgan fingerprint density at radius 1 is 1.50 bits per heavy atom. The third-order valence-electron chi connectivity index (χ3n) is 3.54. The first kappa shape index (κ1) is 10.6. The predicted octanol–water partition coefficient (Wildman–Crippen LogP) is 0.0902. The van der Waals surface area contributed by atoms with Crippen LogP contribution in [0.15, 0.2) is 10.5 Å². The molecule has 16 heavy (non-hydrogen) atoms. The third-order valence-corrected chi connectivity index (χ3v) is 5.73. The Kier molecular flexibility index (Phi) is 2.01. The van der Waals surface area contributed by atoms with Crippen molar-refractivity contribution in [3.8, 4) is 0 Å². The summed E-state index contributed by atoms with van der Waals surface area (Å²) in [4.78, 5) is 11.7. The van der Waals surface area contributed by atoms with Crippen molar-refractivity contribution in [2.75, 3.05) is 7.11 Å². The van der Waals surface area contributed by atoms with Gasteiger partial charge in [0.05, 0.1) is 23.7 Å². The van der Waals surface area contributed by atoms with Crippen molar-refractivity contribution < 1.29 is 22.1 Å². The smallest absolute Gasteiger partial charge is 0.335 e. The Labute approximate surface area is 98.3 Å². The summed E-state index contributed by atoms with van der Waals surface area (Å²) < 4.78 is 33.1. The maximum atomic E-state index is 11.7. The number of thiol groups is 1. The molecule has 1 aliphatic heterocycles. The number of carbonyl (C=O) groups is 1. The van der Waals surface area contributed by atoms with Gasteiger partial charge in [-0.2, -0.15) is 21.0 Å². The summed E-state index contributed by atoms with van der Waals surface area (Å²) in [5.74, 6) is -0.932. The van der Waals surface area contributed by atoms with Gasteiger partial charge in [-0.05, 0) is 6.42 Å². The maximum absolute atomic E-state index is 11.7. The van der Waals surface area contributed by atoms with Crippen LogP contribution in [0.25, 0.3) is 0 Å². The first-order chi connectivity index (χ1) is 7.47. The molecule has 3 aliphatic rings. The third kappa shape index (κ3) is 1.06. The Hall–Kier alpha value is -0.530. The number of carbonyl (C=O) groups excluding carboxylic acids is 1.